The number of urea groups is 1. The first-order valence-corrected chi connectivity index (χ1v) is 5.83. The molecule has 0 aliphatic heterocycles. The Hall–Kier alpha value is -1.98. The number of carbonyl (C=O) groups excluding carboxylic acids is 1. The van der Waals surface area contributed by atoms with E-state index < -0.39 is 12.0 Å². The van der Waals surface area contributed by atoms with Crippen molar-refractivity contribution in [2.45, 2.75) is 32.9 Å². The van der Waals surface area contributed by atoms with Crippen molar-refractivity contribution >= 4 is 12.0 Å². The van der Waals surface area contributed by atoms with Gasteiger partial charge in [0.05, 0.1) is 12.8 Å². The van der Waals surface area contributed by atoms with Crippen molar-refractivity contribution in [1.29, 1.82) is 0 Å². The van der Waals surface area contributed by atoms with Gasteiger partial charge in [0.25, 0.3) is 0 Å². The third-order valence-corrected chi connectivity index (χ3v) is 2.68. The van der Waals surface area contributed by atoms with Gasteiger partial charge in [-0.25, -0.2) is 4.79 Å². The lowest BCUT2D eigenvalue weighted by molar-refractivity contribution is -0.138. The van der Waals surface area contributed by atoms with Crippen molar-refractivity contribution in [3.05, 3.63) is 24.2 Å². The van der Waals surface area contributed by atoms with Crippen LogP contribution in [0.15, 0.2) is 22.8 Å². The number of aliphatic carboxylic acids is 1. The fourth-order valence-electron chi connectivity index (χ4n) is 1.47. The predicted octanol–water partition coefficient (Wildman–Crippen LogP) is 1.67. The second-order valence-corrected chi connectivity index (χ2v) is 4.02. The van der Waals surface area contributed by atoms with Gasteiger partial charge in [-0.2, -0.15) is 0 Å². The number of furan rings is 1. The summed E-state index contributed by atoms with van der Waals surface area (Å²) in [4.78, 5) is 23.9. The molecule has 0 fully saturated rings. The van der Waals surface area contributed by atoms with E-state index in [4.69, 9.17) is 9.52 Å². The van der Waals surface area contributed by atoms with Gasteiger partial charge < -0.3 is 19.7 Å². The van der Waals surface area contributed by atoms with Gasteiger partial charge >= 0.3 is 12.0 Å². The zero-order chi connectivity index (χ0) is 13.5. The third kappa shape index (κ3) is 4.12. The van der Waals surface area contributed by atoms with E-state index in [1.54, 1.807) is 12.1 Å². The second-order valence-electron chi connectivity index (χ2n) is 4.02. The first kappa shape index (κ1) is 14.1. The number of hydrogen-bond acceptors (Lipinski definition) is 3. The van der Waals surface area contributed by atoms with Crippen LogP contribution >= 0.6 is 0 Å². The largest absolute Gasteiger partial charge is 0.480 e. The molecule has 1 atom stereocenters. The fourth-order valence-corrected chi connectivity index (χ4v) is 1.47. The Labute approximate surface area is 106 Å². The summed E-state index contributed by atoms with van der Waals surface area (Å²) in [6, 6.07) is 2.94. The molecule has 0 saturated heterocycles. The third-order valence-electron chi connectivity index (χ3n) is 2.68. The molecule has 1 aromatic heterocycles. The molecule has 0 spiro atoms. The monoisotopic (exact) mass is 254 g/mol. The molecule has 6 nitrogen and oxygen atoms in total. The maximum absolute atomic E-state index is 11.9. The standard InChI is InChI=1S/C12H18N2O4/c1-3-9(2)14(8-11(15)16)12(17)13-7-10-5-4-6-18-10/h4-6,9H,3,7-8H2,1-2H3,(H,13,17)(H,15,16). The molecule has 0 saturated carbocycles. The zero-order valence-electron chi connectivity index (χ0n) is 10.5. The number of carboxylic acids is 1. The van der Waals surface area contributed by atoms with Crippen molar-refractivity contribution in [3.8, 4) is 0 Å². The van der Waals surface area contributed by atoms with Crippen molar-refractivity contribution < 1.29 is 19.1 Å². The Morgan fingerprint density at radius 1 is 1.56 bits per heavy atom. The van der Waals surface area contributed by atoms with Crippen LogP contribution in [0.25, 0.3) is 0 Å². The van der Waals surface area contributed by atoms with Gasteiger partial charge in [0.1, 0.15) is 12.3 Å². The van der Waals surface area contributed by atoms with Crippen molar-refractivity contribution in [2.24, 2.45) is 0 Å². The Kier molecular flexibility index (Phi) is 5.23. The molecule has 100 valence electrons. The molecule has 1 unspecified atom stereocenters. The number of amides is 2. The summed E-state index contributed by atoms with van der Waals surface area (Å²) >= 11 is 0. The Bertz CT molecular complexity index is 389. The van der Waals surface area contributed by atoms with Crippen LogP contribution in [-0.2, 0) is 11.3 Å². The zero-order valence-corrected chi connectivity index (χ0v) is 10.5. The molecule has 0 radical (unpaired) electrons. The van der Waals surface area contributed by atoms with E-state index in [0.29, 0.717) is 12.2 Å². The van der Waals surface area contributed by atoms with Crippen molar-refractivity contribution in [1.82, 2.24) is 10.2 Å². The molecule has 2 N–H and O–H groups in total. The molecule has 0 bridgehead atoms. The molecule has 1 heterocycles. The van der Waals surface area contributed by atoms with Gasteiger partial charge in [0.15, 0.2) is 0 Å². The molecular weight excluding hydrogens is 236 g/mol. The highest BCUT2D eigenvalue weighted by Crippen LogP contribution is 2.05. The average molecular weight is 254 g/mol. The highest BCUT2D eigenvalue weighted by molar-refractivity contribution is 5.80. The summed E-state index contributed by atoms with van der Waals surface area (Å²) in [7, 11) is 0. The number of carbonyl (C=O) groups is 2. The predicted molar refractivity (Wildman–Crippen MR) is 65.0 cm³/mol. The molecule has 1 aromatic rings. The Morgan fingerprint density at radius 2 is 2.28 bits per heavy atom. The van der Waals surface area contributed by atoms with E-state index in [1.165, 1.54) is 11.2 Å². The van der Waals surface area contributed by atoms with Gasteiger partial charge in [-0.05, 0) is 25.5 Å². The number of nitrogens with zero attached hydrogens (tertiary/aromatic N) is 1. The van der Waals surface area contributed by atoms with Crippen molar-refractivity contribution in [2.75, 3.05) is 6.54 Å². The lowest BCUT2D eigenvalue weighted by Gasteiger charge is -2.26. The molecular formula is C12H18N2O4. The SMILES string of the molecule is CCC(C)N(CC(=O)O)C(=O)NCc1ccco1. The van der Waals surface area contributed by atoms with Gasteiger partial charge in [-0.3, -0.25) is 4.79 Å². The summed E-state index contributed by atoms with van der Waals surface area (Å²) < 4.78 is 5.08. The number of nitrogens with one attached hydrogen (secondary N) is 1. The Morgan fingerprint density at radius 3 is 2.78 bits per heavy atom. The van der Waals surface area contributed by atoms with Crippen molar-refractivity contribution in [3.63, 3.8) is 0 Å². The summed E-state index contributed by atoms with van der Waals surface area (Å²) in [6.07, 6.45) is 2.21. The topological polar surface area (TPSA) is 82.8 Å². The quantitative estimate of drug-likeness (QED) is 0.809. The minimum atomic E-state index is -1.02. The van der Waals surface area contributed by atoms with E-state index in [1.807, 2.05) is 13.8 Å². The van der Waals surface area contributed by atoms with Gasteiger partial charge in [0.2, 0.25) is 0 Å². The molecule has 1 rings (SSSR count). The highest BCUT2D eigenvalue weighted by atomic mass is 16.4. The summed E-state index contributed by atoms with van der Waals surface area (Å²) in [5, 5.41) is 11.4. The first-order chi connectivity index (χ1) is 8.54. The molecule has 0 aromatic carbocycles. The maximum atomic E-state index is 11.9. The molecule has 6 heteroatoms. The second kappa shape index (κ2) is 6.68. The first-order valence-electron chi connectivity index (χ1n) is 5.83. The van der Waals surface area contributed by atoms with Crippen LogP contribution in [0.4, 0.5) is 4.79 Å². The van der Waals surface area contributed by atoms with E-state index in [0.717, 1.165) is 0 Å². The van der Waals surface area contributed by atoms with Crippen LogP contribution in [0.1, 0.15) is 26.0 Å². The summed E-state index contributed by atoms with van der Waals surface area (Å²) in [6.45, 7) is 3.66. The molecule has 2 amide bonds. The lowest BCUT2D eigenvalue weighted by Crippen LogP contribution is -2.47. The van der Waals surface area contributed by atoms with Crippen LogP contribution in [0.2, 0.25) is 0 Å². The van der Waals surface area contributed by atoms with Crippen LogP contribution in [0, 0.1) is 0 Å². The van der Waals surface area contributed by atoms with E-state index in [9.17, 15) is 9.59 Å². The summed E-state index contributed by atoms with van der Waals surface area (Å²) in [5.41, 5.74) is 0. The van der Waals surface area contributed by atoms with Gasteiger partial charge in [-0.15, -0.1) is 0 Å². The smallest absolute Gasteiger partial charge is 0.323 e. The minimum Gasteiger partial charge on any atom is -0.480 e. The summed E-state index contributed by atoms with van der Waals surface area (Å²) in [5.74, 6) is -0.397. The van der Waals surface area contributed by atoms with Gasteiger partial charge in [0, 0.05) is 6.04 Å². The van der Waals surface area contributed by atoms with Gasteiger partial charge in [-0.1, -0.05) is 6.92 Å². The van der Waals surface area contributed by atoms with E-state index >= 15 is 0 Å². The number of carboxylic acid groups (broad SMARTS) is 1. The fraction of sp³-hybridized carbons (Fsp3) is 0.500. The molecule has 18 heavy (non-hydrogen) atoms. The van der Waals surface area contributed by atoms with Crippen LogP contribution in [0.5, 0.6) is 0 Å². The van der Waals surface area contributed by atoms with E-state index in [-0.39, 0.29) is 19.1 Å². The minimum absolute atomic E-state index is 0.127. The van der Waals surface area contributed by atoms with Crippen LogP contribution in [0.3, 0.4) is 0 Å². The molecule has 0 aliphatic rings. The number of rotatable bonds is 6. The van der Waals surface area contributed by atoms with Crippen LogP contribution < -0.4 is 5.32 Å². The maximum Gasteiger partial charge on any atom is 0.323 e. The van der Waals surface area contributed by atoms with Crippen LogP contribution in [-0.4, -0.2) is 34.6 Å². The number of hydrogen-bond donors (Lipinski definition) is 2. The normalized spacial score (nSPS) is 11.9. The lowest BCUT2D eigenvalue weighted by atomic mass is 10.2. The Balaban J connectivity index is 2.55. The highest BCUT2D eigenvalue weighted by Gasteiger charge is 2.21. The molecule has 0 aliphatic carbocycles. The average Bonchev–Trinajstić information content (AvgIpc) is 2.85. The van der Waals surface area contributed by atoms with E-state index in [2.05, 4.69) is 5.32 Å².